The van der Waals surface area contributed by atoms with Crippen LogP contribution in [-0.2, 0) is 10.2 Å². The zero-order valence-corrected chi connectivity index (χ0v) is 17.8. The van der Waals surface area contributed by atoms with Crippen molar-refractivity contribution >= 4 is 28.9 Å². The van der Waals surface area contributed by atoms with Crippen LogP contribution in [0.4, 0.5) is 35.0 Å². The first-order chi connectivity index (χ1) is 14.2. The van der Waals surface area contributed by atoms with Crippen molar-refractivity contribution in [2.45, 2.75) is 45.0 Å². The summed E-state index contributed by atoms with van der Waals surface area (Å²) < 4.78 is 40.5. The van der Waals surface area contributed by atoms with Gasteiger partial charge in [-0.3, -0.25) is 4.79 Å². The number of nitrogens with one attached hydrogen (secondary N) is 2. The Kier molecular flexibility index (Phi) is 5.41. The number of hydrogen-bond acceptors (Lipinski definition) is 4. The Hall–Kier alpha value is -3.23. The first kappa shape index (κ1) is 22.5. The normalized spacial score (nSPS) is 17.0. The van der Waals surface area contributed by atoms with E-state index in [1.807, 2.05) is 45.7 Å². The first-order valence-electron chi connectivity index (χ1n) is 9.59. The summed E-state index contributed by atoms with van der Waals surface area (Å²) in [7, 11) is 1.86. The summed E-state index contributed by atoms with van der Waals surface area (Å²) >= 11 is 0. The van der Waals surface area contributed by atoms with Crippen molar-refractivity contribution in [3.05, 3.63) is 48.0 Å². The predicted molar refractivity (Wildman–Crippen MR) is 113 cm³/mol. The molecule has 6 nitrogen and oxygen atoms in total. The van der Waals surface area contributed by atoms with Crippen LogP contribution in [-0.4, -0.2) is 30.8 Å². The van der Waals surface area contributed by atoms with Gasteiger partial charge in [0, 0.05) is 24.1 Å². The lowest BCUT2D eigenvalue weighted by Crippen LogP contribution is -2.58. The lowest BCUT2D eigenvalue weighted by atomic mass is 9.69. The van der Waals surface area contributed by atoms with Crippen LogP contribution in [0.5, 0.6) is 5.75 Å². The lowest BCUT2D eigenvalue weighted by Gasteiger charge is -2.48. The van der Waals surface area contributed by atoms with E-state index in [1.165, 1.54) is 12.1 Å². The topological polar surface area (TPSA) is 70.7 Å². The number of likely N-dealkylation sites (N-methyl/N-ethyl adjacent to an activating group) is 1. The molecule has 31 heavy (non-hydrogen) atoms. The van der Waals surface area contributed by atoms with E-state index in [1.54, 1.807) is 12.1 Å². The molecule has 2 N–H and O–H groups in total. The monoisotopic (exact) mass is 435 g/mol. The maximum atomic E-state index is 13.0. The second-order valence-electron chi connectivity index (χ2n) is 8.46. The van der Waals surface area contributed by atoms with Crippen LogP contribution in [0.1, 0.15) is 33.3 Å². The van der Waals surface area contributed by atoms with Crippen molar-refractivity contribution < 1.29 is 27.5 Å². The van der Waals surface area contributed by atoms with E-state index in [0.29, 0.717) is 11.4 Å². The molecular weight excluding hydrogens is 411 g/mol. The number of alkyl halides is 3. The van der Waals surface area contributed by atoms with Crippen molar-refractivity contribution in [2.24, 2.45) is 0 Å². The van der Waals surface area contributed by atoms with Crippen LogP contribution in [0.3, 0.4) is 0 Å². The highest BCUT2D eigenvalue weighted by atomic mass is 19.4. The molecule has 1 aliphatic rings. The second kappa shape index (κ2) is 7.47. The fraction of sp³-hybridized carbons (Fsp3) is 0.364. The van der Waals surface area contributed by atoms with Crippen molar-refractivity contribution in [1.82, 2.24) is 0 Å². The van der Waals surface area contributed by atoms with E-state index in [9.17, 15) is 22.8 Å². The number of Topliss-reactive ketones (excluding diaryl/α,β-unsaturated/α-hetero) is 1. The Bertz CT molecular complexity index is 1010. The zero-order chi connectivity index (χ0) is 23.2. The number of benzene rings is 2. The summed E-state index contributed by atoms with van der Waals surface area (Å²) in [6.45, 7) is 7.48. The molecule has 2 aromatic carbocycles. The standard InChI is InChI=1S/C22H24F3N3O3/c1-20(2)16-12-14(8-11-17(16)28(5)21(3,4)18(20)29)27-19(30)26-13-6-9-15(10-7-13)31-22(23,24)25/h6-12H,1-5H3,(H2,26,27,30). The molecule has 2 aromatic rings. The van der Waals surface area contributed by atoms with Crippen molar-refractivity contribution in [1.29, 1.82) is 0 Å². The number of anilines is 3. The van der Waals surface area contributed by atoms with Crippen LogP contribution in [0.15, 0.2) is 42.5 Å². The van der Waals surface area contributed by atoms with Gasteiger partial charge in [0.05, 0.1) is 11.0 Å². The van der Waals surface area contributed by atoms with Crippen molar-refractivity contribution in [3.63, 3.8) is 0 Å². The van der Waals surface area contributed by atoms with Crippen LogP contribution in [0.25, 0.3) is 0 Å². The molecule has 1 aliphatic heterocycles. The molecule has 166 valence electrons. The minimum absolute atomic E-state index is 0.0674. The number of rotatable bonds is 3. The smallest absolute Gasteiger partial charge is 0.406 e. The number of ether oxygens (including phenoxy) is 1. The predicted octanol–water partition coefficient (Wildman–Crippen LogP) is 5.30. The number of urea groups is 1. The number of amides is 2. The van der Waals surface area contributed by atoms with Crippen molar-refractivity contribution in [2.75, 3.05) is 22.6 Å². The molecule has 0 aromatic heterocycles. The van der Waals surface area contributed by atoms with Crippen molar-refractivity contribution in [3.8, 4) is 5.75 Å². The van der Waals surface area contributed by atoms with Crippen LogP contribution >= 0.6 is 0 Å². The Morgan fingerprint density at radius 2 is 1.52 bits per heavy atom. The van der Waals surface area contributed by atoms with Gasteiger partial charge in [-0.1, -0.05) is 0 Å². The number of halogens is 3. The Balaban J connectivity index is 1.75. The Morgan fingerprint density at radius 3 is 2.10 bits per heavy atom. The minimum Gasteiger partial charge on any atom is -0.406 e. The SMILES string of the molecule is CN1c2ccc(NC(=O)Nc3ccc(OC(F)(F)F)cc3)cc2C(C)(C)C(=O)C1(C)C. The maximum Gasteiger partial charge on any atom is 0.573 e. The van der Waals surface area contributed by atoms with Gasteiger partial charge in [-0.15, -0.1) is 13.2 Å². The largest absolute Gasteiger partial charge is 0.573 e. The molecule has 0 aliphatic carbocycles. The van der Waals surface area contributed by atoms with Gasteiger partial charge in [0.25, 0.3) is 0 Å². The van der Waals surface area contributed by atoms with E-state index in [2.05, 4.69) is 15.4 Å². The van der Waals surface area contributed by atoms with E-state index < -0.39 is 23.3 Å². The number of fused-ring (bicyclic) bond motifs is 1. The minimum atomic E-state index is -4.78. The average Bonchev–Trinajstić information content (AvgIpc) is 2.66. The van der Waals surface area contributed by atoms with Gasteiger partial charge in [0.1, 0.15) is 5.75 Å². The summed E-state index contributed by atoms with van der Waals surface area (Å²) in [6, 6.07) is 9.58. The molecule has 0 fully saturated rings. The zero-order valence-electron chi connectivity index (χ0n) is 17.8. The molecule has 0 bridgehead atoms. The van der Waals surface area contributed by atoms with Gasteiger partial charge >= 0.3 is 12.4 Å². The molecule has 0 radical (unpaired) electrons. The summed E-state index contributed by atoms with van der Waals surface area (Å²) in [4.78, 5) is 27.3. The number of ketones is 1. The van der Waals surface area contributed by atoms with E-state index in [0.717, 1.165) is 23.4 Å². The molecule has 0 unspecified atom stereocenters. The fourth-order valence-electron chi connectivity index (χ4n) is 3.78. The molecule has 9 heteroatoms. The van der Waals surface area contributed by atoms with E-state index in [4.69, 9.17) is 0 Å². The molecule has 0 spiro atoms. The Labute approximate surface area is 178 Å². The number of carbonyl (C=O) groups is 2. The quantitative estimate of drug-likeness (QED) is 0.686. The molecule has 0 saturated carbocycles. The molecule has 2 amide bonds. The molecule has 1 heterocycles. The number of hydrogen-bond donors (Lipinski definition) is 2. The van der Waals surface area contributed by atoms with Gasteiger partial charge in [-0.25, -0.2) is 4.79 Å². The third kappa shape index (κ3) is 4.45. The highest BCUT2D eigenvalue weighted by Crippen LogP contribution is 2.44. The maximum absolute atomic E-state index is 13.0. The van der Waals surface area contributed by atoms with E-state index >= 15 is 0 Å². The van der Waals surface area contributed by atoms with Gasteiger partial charge in [0.2, 0.25) is 0 Å². The fourth-order valence-corrected chi connectivity index (χ4v) is 3.78. The highest BCUT2D eigenvalue weighted by Gasteiger charge is 2.48. The van der Waals surface area contributed by atoms with Gasteiger partial charge in [0.15, 0.2) is 5.78 Å². The highest BCUT2D eigenvalue weighted by molar-refractivity contribution is 6.04. The van der Waals surface area contributed by atoms with Gasteiger partial charge in [-0.05, 0) is 75.7 Å². The van der Waals surface area contributed by atoms with Crippen LogP contribution in [0.2, 0.25) is 0 Å². The summed E-state index contributed by atoms with van der Waals surface area (Å²) in [5.74, 6) is -0.315. The van der Waals surface area contributed by atoms with Gasteiger partial charge < -0.3 is 20.3 Å². The number of carbonyl (C=O) groups excluding carboxylic acids is 2. The second-order valence-corrected chi connectivity index (χ2v) is 8.46. The van der Waals surface area contributed by atoms with Gasteiger partial charge in [-0.2, -0.15) is 0 Å². The lowest BCUT2D eigenvalue weighted by molar-refractivity contribution is -0.274. The Morgan fingerprint density at radius 1 is 0.968 bits per heavy atom. The van der Waals surface area contributed by atoms with Crippen LogP contribution in [0, 0.1) is 0 Å². The molecule has 0 saturated heterocycles. The third-order valence-corrected chi connectivity index (χ3v) is 5.60. The summed E-state index contributed by atoms with van der Waals surface area (Å²) in [5, 5.41) is 5.24. The average molecular weight is 435 g/mol. The summed E-state index contributed by atoms with van der Waals surface area (Å²) in [6.07, 6.45) is -4.78. The summed E-state index contributed by atoms with van der Waals surface area (Å²) in [5.41, 5.74) is 1.08. The first-order valence-corrected chi connectivity index (χ1v) is 9.59. The molecular formula is C22H24F3N3O3. The molecule has 0 atom stereocenters. The molecule has 3 rings (SSSR count). The van der Waals surface area contributed by atoms with Crippen LogP contribution < -0.4 is 20.3 Å². The third-order valence-electron chi connectivity index (χ3n) is 5.60. The van der Waals surface area contributed by atoms with E-state index in [-0.39, 0.29) is 11.5 Å². The number of nitrogens with zero attached hydrogens (tertiary/aromatic N) is 1.